The fraction of sp³-hybridized carbons (Fsp3) is 0.818. The molecule has 2 amide bonds. The molecule has 1 fully saturated rings. The molecular formula is C11H21N3O3. The number of nitrogens with two attached hydrogens (primary N) is 1. The normalized spacial score (nSPS) is 23.5. The smallest absolute Gasteiger partial charge is 0.245 e. The second-order valence-corrected chi connectivity index (χ2v) is 4.36. The number of ether oxygens (including phenoxy) is 1. The van der Waals surface area contributed by atoms with E-state index in [2.05, 4.69) is 5.32 Å². The number of amides is 2. The summed E-state index contributed by atoms with van der Waals surface area (Å²) < 4.78 is 5.17. The first-order valence-corrected chi connectivity index (χ1v) is 5.90. The van der Waals surface area contributed by atoms with Crippen LogP contribution in [-0.2, 0) is 14.3 Å². The molecule has 1 unspecified atom stereocenters. The van der Waals surface area contributed by atoms with E-state index in [9.17, 15) is 9.59 Å². The fourth-order valence-electron chi connectivity index (χ4n) is 1.84. The van der Waals surface area contributed by atoms with Gasteiger partial charge < -0.3 is 20.7 Å². The third-order valence-electron chi connectivity index (χ3n) is 2.87. The molecule has 0 aliphatic carbocycles. The first-order valence-electron chi connectivity index (χ1n) is 5.90. The van der Waals surface area contributed by atoms with Crippen LogP contribution in [0.25, 0.3) is 0 Å². The molecule has 1 atom stereocenters. The lowest BCUT2D eigenvalue weighted by atomic mass is 9.98. The zero-order valence-electron chi connectivity index (χ0n) is 10.5. The van der Waals surface area contributed by atoms with Crippen molar-refractivity contribution in [1.82, 2.24) is 10.2 Å². The van der Waals surface area contributed by atoms with Crippen LogP contribution in [-0.4, -0.2) is 55.6 Å². The molecule has 0 aromatic heterocycles. The molecule has 0 aromatic carbocycles. The van der Waals surface area contributed by atoms with Gasteiger partial charge in [0.1, 0.15) is 5.54 Å². The predicted octanol–water partition coefficient (Wildman–Crippen LogP) is -0.911. The van der Waals surface area contributed by atoms with Crippen molar-refractivity contribution in [2.24, 2.45) is 5.73 Å². The Morgan fingerprint density at radius 1 is 1.53 bits per heavy atom. The summed E-state index contributed by atoms with van der Waals surface area (Å²) in [5, 5.41) is 2.51. The van der Waals surface area contributed by atoms with Crippen molar-refractivity contribution in [2.75, 3.05) is 33.4 Å². The van der Waals surface area contributed by atoms with Gasteiger partial charge in [0.15, 0.2) is 0 Å². The average molecular weight is 243 g/mol. The summed E-state index contributed by atoms with van der Waals surface area (Å²) in [5.74, 6) is -0.380. The molecule has 3 N–H and O–H groups in total. The molecule has 17 heavy (non-hydrogen) atoms. The van der Waals surface area contributed by atoms with E-state index in [1.54, 1.807) is 7.05 Å². The molecule has 0 aromatic rings. The highest BCUT2D eigenvalue weighted by molar-refractivity contribution is 5.90. The van der Waals surface area contributed by atoms with Crippen molar-refractivity contribution < 1.29 is 14.3 Å². The van der Waals surface area contributed by atoms with Gasteiger partial charge in [0.25, 0.3) is 0 Å². The lowest BCUT2D eigenvalue weighted by molar-refractivity contribution is -0.140. The van der Waals surface area contributed by atoms with Gasteiger partial charge in [0, 0.05) is 20.2 Å². The number of likely N-dealkylation sites (N-methyl/N-ethyl adjacent to an activating group) is 1. The van der Waals surface area contributed by atoms with Crippen LogP contribution in [0.2, 0.25) is 0 Å². The molecule has 98 valence electrons. The quantitative estimate of drug-likeness (QED) is 0.654. The largest absolute Gasteiger partial charge is 0.379 e. The van der Waals surface area contributed by atoms with Gasteiger partial charge in [-0.2, -0.15) is 0 Å². The Morgan fingerprint density at radius 2 is 2.24 bits per heavy atom. The maximum atomic E-state index is 12.2. The number of carbonyl (C=O) groups is 2. The molecule has 6 heteroatoms. The molecule has 1 aliphatic rings. The van der Waals surface area contributed by atoms with Gasteiger partial charge in [-0.05, 0) is 12.8 Å². The monoisotopic (exact) mass is 243 g/mol. The van der Waals surface area contributed by atoms with Crippen LogP contribution in [0.5, 0.6) is 0 Å². The molecule has 1 saturated heterocycles. The van der Waals surface area contributed by atoms with E-state index in [0.29, 0.717) is 19.6 Å². The minimum Gasteiger partial charge on any atom is -0.379 e. The molecule has 0 spiro atoms. The molecule has 0 radical (unpaired) electrons. The Kier molecular flexibility index (Phi) is 4.89. The number of nitrogens with one attached hydrogen (secondary N) is 1. The van der Waals surface area contributed by atoms with Crippen molar-refractivity contribution in [1.29, 1.82) is 0 Å². The predicted molar refractivity (Wildman–Crippen MR) is 63.3 cm³/mol. The first-order chi connectivity index (χ1) is 8.03. The summed E-state index contributed by atoms with van der Waals surface area (Å²) in [4.78, 5) is 25.1. The molecule has 1 heterocycles. The highest BCUT2D eigenvalue weighted by atomic mass is 16.5. The molecule has 6 nitrogen and oxygen atoms in total. The van der Waals surface area contributed by atoms with Crippen molar-refractivity contribution in [2.45, 2.75) is 25.3 Å². The number of hydrogen-bond acceptors (Lipinski definition) is 4. The standard InChI is InChI=1S/C11H21N3O3/c1-3-5-14(7-9(15)13-2)10(16)11(12)4-6-17-8-11/h3-8,12H2,1-2H3,(H,13,15). The van der Waals surface area contributed by atoms with Gasteiger partial charge in [0.05, 0.1) is 13.2 Å². The van der Waals surface area contributed by atoms with Crippen LogP contribution in [0.1, 0.15) is 19.8 Å². The maximum Gasteiger partial charge on any atom is 0.245 e. The number of rotatable bonds is 5. The molecule has 1 rings (SSSR count). The first kappa shape index (κ1) is 13.9. The van der Waals surface area contributed by atoms with E-state index in [0.717, 1.165) is 6.42 Å². The SMILES string of the molecule is CCCN(CC(=O)NC)C(=O)C1(N)CCOC1. The minimum absolute atomic E-state index is 0.0577. The van der Waals surface area contributed by atoms with E-state index in [4.69, 9.17) is 10.5 Å². The van der Waals surface area contributed by atoms with Crippen LogP contribution < -0.4 is 11.1 Å². The van der Waals surface area contributed by atoms with E-state index < -0.39 is 5.54 Å². The number of nitrogens with zero attached hydrogens (tertiary/aromatic N) is 1. The second kappa shape index (κ2) is 5.97. The Balaban J connectivity index is 2.68. The highest BCUT2D eigenvalue weighted by Crippen LogP contribution is 2.18. The topological polar surface area (TPSA) is 84.7 Å². The Morgan fingerprint density at radius 3 is 2.71 bits per heavy atom. The van der Waals surface area contributed by atoms with Crippen LogP contribution in [0.4, 0.5) is 0 Å². The Bertz CT molecular complexity index is 288. The van der Waals surface area contributed by atoms with Gasteiger partial charge in [0.2, 0.25) is 11.8 Å². The van der Waals surface area contributed by atoms with Gasteiger partial charge in [-0.3, -0.25) is 9.59 Å². The van der Waals surface area contributed by atoms with Crippen molar-refractivity contribution in [3.8, 4) is 0 Å². The highest BCUT2D eigenvalue weighted by Gasteiger charge is 2.41. The summed E-state index contributed by atoms with van der Waals surface area (Å²) in [6.45, 7) is 3.29. The summed E-state index contributed by atoms with van der Waals surface area (Å²) in [6.07, 6.45) is 1.31. The van der Waals surface area contributed by atoms with Crippen molar-refractivity contribution in [3.05, 3.63) is 0 Å². The minimum atomic E-state index is -0.955. The van der Waals surface area contributed by atoms with E-state index in [1.807, 2.05) is 6.92 Å². The second-order valence-electron chi connectivity index (χ2n) is 4.36. The Hall–Kier alpha value is -1.14. The van der Waals surface area contributed by atoms with Crippen LogP contribution >= 0.6 is 0 Å². The lowest BCUT2D eigenvalue weighted by Gasteiger charge is -2.29. The third kappa shape index (κ3) is 3.41. The summed E-state index contributed by atoms with van der Waals surface area (Å²) in [7, 11) is 1.55. The Labute approximate surface area is 101 Å². The van der Waals surface area contributed by atoms with Crippen molar-refractivity contribution in [3.63, 3.8) is 0 Å². The van der Waals surface area contributed by atoms with Crippen LogP contribution in [0.3, 0.4) is 0 Å². The zero-order valence-corrected chi connectivity index (χ0v) is 10.5. The van der Waals surface area contributed by atoms with Gasteiger partial charge in [-0.1, -0.05) is 6.92 Å². The average Bonchev–Trinajstić information content (AvgIpc) is 2.75. The number of carbonyl (C=O) groups excluding carboxylic acids is 2. The fourth-order valence-corrected chi connectivity index (χ4v) is 1.84. The third-order valence-corrected chi connectivity index (χ3v) is 2.87. The zero-order chi connectivity index (χ0) is 12.9. The van der Waals surface area contributed by atoms with E-state index in [1.165, 1.54) is 4.90 Å². The van der Waals surface area contributed by atoms with E-state index in [-0.39, 0.29) is 25.0 Å². The van der Waals surface area contributed by atoms with E-state index >= 15 is 0 Å². The molecular weight excluding hydrogens is 222 g/mol. The number of hydrogen-bond donors (Lipinski definition) is 2. The van der Waals surface area contributed by atoms with Crippen LogP contribution in [0, 0.1) is 0 Å². The molecule has 1 aliphatic heterocycles. The van der Waals surface area contributed by atoms with Gasteiger partial charge >= 0.3 is 0 Å². The van der Waals surface area contributed by atoms with Gasteiger partial charge in [-0.25, -0.2) is 0 Å². The maximum absolute atomic E-state index is 12.2. The van der Waals surface area contributed by atoms with Gasteiger partial charge in [-0.15, -0.1) is 0 Å². The molecule has 0 bridgehead atoms. The summed E-state index contributed by atoms with van der Waals surface area (Å²) in [5.41, 5.74) is 5.05. The summed E-state index contributed by atoms with van der Waals surface area (Å²) >= 11 is 0. The summed E-state index contributed by atoms with van der Waals surface area (Å²) in [6, 6.07) is 0. The van der Waals surface area contributed by atoms with Crippen LogP contribution in [0.15, 0.2) is 0 Å². The van der Waals surface area contributed by atoms with Crippen molar-refractivity contribution >= 4 is 11.8 Å². The lowest BCUT2D eigenvalue weighted by Crippen LogP contribution is -2.57. The molecule has 0 saturated carbocycles.